The summed E-state index contributed by atoms with van der Waals surface area (Å²) < 4.78 is 8.37. The number of aromatic nitrogens is 5. The Balaban J connectivity index is 1.35. The molecule has 3 aromatic rings. The zero-order valence-electron chi connectivity index (χ0n) is 15.9. The second-order valence-corrected chi connectivity index (χ2v) is 7.05. The van der Waals surface area contributed by atoms with E-state index in [9.17, 15) is 4.79 Å². The number of hydrogen-bond acceptors (Lipinski definition) is 6. The highest BCUT2D eigenvalue weighted by molar-refractivity contribution is 5.27. The van der Waals surface area contributed by atoms with Gasteiger partial charge in [-0.15, -0.1) is 5.10 Å². The Bertz CT molecular complexity index is 944. The summed E-state index contributed by atoms with van der Waals surface area (Å²) in [6.45, 7) is 0.833. The van der Waals surface area contributed by atoms with Crippen LogP contribution in [-0.2, 0) is 6.54 Å². The number of benzene rings is 1. The maximum atomic E-state index is 12.3. The molecule has 28 heavy (non-hydrogen) atoms. The van der Waals surface area contributed by atoms with Gasteiger partial charge >= 0.3 is 0 Å². The van der Waals surface area contributed by atoms with Crippen molar-refractivity contribution in [2.45, 2.75) is 44.3 Å². The fourth-order valence-electron chi connectivity index (χ4n) is 3.66. The molecule has 8 nitrogen and oxygen atoms in total. The van der Waals surface area contributed by atoms with Crippen molar-refractivity contribution in [3.63, 3.8) is 0 Å². The van der Waals surface area contributed by atoms with E-state index in [-0.39, 0.29) is 11.6 Å². The van der Waals surface area contributed by atoms with Gasteiger partial charge in [0.15, 0.2) is 5.82 Å². The summed E-state index contributed by atoms with van der Waals surface area (Å²) in [4.78, 5) is 16.3. The summed E-state index contributed by atoms with van der Waals surface area (Å²) >= 11 is 0. The number of nitrogens with zero attached hydrogens (tertiary/aromatic N) is 5. The molecular weight excluding hydrogens is 356 g/mol. The van der Waals surface area contributed by atoms with Gasteiger partial charge in [0, 0.05) is 18.7 Å². The van der Waals surface area contributed by atoms with Crippen LogP contribution in [0.25, 0.3) is 5.82 Å². The first kappa shape index (κ1) is 18.4. The lowest BCUT2D eigenvalue weighted by Gasteiger charge is -2.29. The molecule has 0 atom stereocenters. The molecule has 1 fully saturated rings. The minimum Gasteiger partial charge on any atom is -0.497 e. The Kier molecular flexibility index (Phi) is 5.48. The molecule has 1 saturated carbocycles. The van der Waals surface area contributed by atoms with E-state index in [4.69, 9.17) is 4.74 Å². The monoisotopic (exact) mass is 380 g/mol. The van der Waals surface area contributed by atoms with Crippen molar-refractivity contribution >= 4 is 0 Å². The molecule has 146 valence electrons. The third-order valence-electron chi connectivity index (χ3n) is 5.26. The molecule has 1 N–H and O–H groups in total. The van der Waals surface area contributed by atoms with Gasteiger partial charge in [0.05, 0.1) is 13.2 Å². The lowest BCUT2D eigenvalue weighted by Crippen LogP contribution is -2.36. The second kappa shape index (κ2) is 8.35. The summed E-state index contributed by atoms with van der Waals surface area (Å²) in [5.74, 6) is 1.48. The Hall–Kier alpha value is -3.00. The van der Waals surface area contributed by atoms with Crippen molar-refractivity contribution < 1.29 is 4.74 Å². The van der Waals surface area contributed by atoms with Crippen molar-refractivity contribution in [2.24, 2.45) is 0 Å². The molecule has 4 rings (SSSR count). The summed E-state index contributed by atoms with van der Waals surface area (Å²) in [7, 11) is 1.67. The van der Waals surface area contributed by atoms with Crippen molar-refractivity contribution in [3.8, 4) is 11.6 Å². The summed E-state index contributed by atoms with van der Waals surface area (Å²) in [5.41, 5.74) is 1.17. The van der Waals surface area contributed by atoms with E-state index in [0.29, 0.717) is 11.9 Å². The topological polar surface area (TPSA) is 86.9 Å². The van der Waals surface area contributed by atoms with Crippen LogP contribution in [0, 0.1) is 0 Å². The highest BCUT2D eigenvalue weighted by atomic mass is 16.5. The van der Waals surface area contributed by atoms with Gasteiger partial charge in [0.1, 0.15) is 18.4 Å². The van der Waals surface area contributed by atoms with Crippen LogP contribution in [0.3, 0.4) is 0 Å². The highest BCUT2D eigenvalue weighted by Crippen LogP contribution is 2.27. The van der Waals surface area contributed by atoms with Gasteiger partial charge in [0.2, 0.25) is 0 Å². The van der Waals surface area contributed by atoms with Crippen molar-refractivity contribution in [1.29, 1.82) is 0 Å². The fourth-order valence-corrected chi connectivity index (χ4v) is 3.66. The standard InChI is InChI=1S/C20H24N6O2/c1-28-18-8-2-15(3-9-18)12-22-16-4-6-17(7-5-16)26-20(27)11-10-19(24-26)25-14-21-13-23-25/h2-3,8-11,13-14,16-17,22H,4-7,12H2,1H3. The van der Waals surface area contributed by atoms with Gasteiger partial charge in [0.25, 0.3) is 5.56 Å². The molecule has 0 radical (unpaired) electrons. The maximum Gasteiger partial charge on any atom is 0.267 e. The average Bonchev–Trinajstić information content (AvgIpc) is 3.28. The predicted molar refractivity (Wildman–Crippen MR) is 105 cm³/mol. The Morgan fingerprint density at radius 2 is 1.89 bits per heavy atom. The molecule has 0 aliphatic heterocycles. The van der Waals surface area contributed by atoms with Crippen LogP contribution in [0.15, 0.2) is 53.8 Å². The molecule has 0 saturated heterocycles. The van der Waals surface area contributed by atoms with E-state index in [1.54, 1.807) is 34.9 Å². The van der Waals surface area contributed by atoms with Gasteiger partial charge in [-0.2, -0.15) is 5.10 Å². The molecule has 0 unspecified atom stereocenters. The zero-order valence-corrected chi connectivity index (χ0v) is 15.9. The minimum atomic E-state index is -0.0708. The quantitative estimate of drug-likeness (QED) is 0.705. The van der Waals surface area contributed by atoms with E-state index in [1.807, 2.05) is 12.1 Å². The predicted octanol–water partition coefficient (Wildman–Crippen LogP) is 2.11. The molecule has 1 aliphatic rings. The Labute approximate surface area is 163 Å². The third kappa shape index (κ3) is 4.12. The van der Waals surface area contributed by atoms with Crippen LogP contribution < -0.4 is 15.6 Å². The van der Waals surface area contributed by atoms with Crippen LogP contribution in [0.1, 0.15) is 37.3 Å². The molecule has 8 heteroatoms. The van der Waals surface area contributed by atoms with Crippen molar-refractivity contribution in [3.05, 3.63) is 65.0 Å². The summed E-state index contributed by atoms with van der Waals surface area (Å²) in [6.07, 6.45) is 6.92. The van der Waals surface area contributed by atoms with Crippen molar-refractivity contribution in [1.82, 2.24) is 29.9 Å². The number of hydrogen-bond donors (Lipinski definition) is 1. The largest absolute Gasteiger partial charge is 0.497 e. The summed E-state index contributed by atoms with van der Waals surface area (Å²) in [6, 6.07) is 11.9. The molecule has 1 aliphatic carbocycles. The Morgan fingerprint density at radius 1 is 1.11 bits per heavy atom. The van der Waals surface area contributed by atoms with E-state index < -0.39 is 0 Å². The van der Waals surface area contributed by atoms with Crippen LogP contribution >= 0.6 is 0 Å². The van der Waals surface area contributed by atoms with Crippen LogP contribution in [0.4, 0.5) is 0 Å². The first-order valence-electron chi connectivity index (χ1n) is 9.54. The number of nitrogens with one attached hydrogen (secondary N) is 1. The highest BCUT2D eigenvalue weighted by Gasteiger charge is 2.23. The lowest BCUT2D eigenvalue weighted by molar-refractivity contribution is 0.268. The van der Waals surface area contributed by atoms with Gasteiger partial charge in [-0.1, -0.05) is 12.1 Å². The molecule has 0 spiro atoms. The van der Waals surface area contributed by atoms with Crippen LogP contribution in [0.2, 0.25) is 0 Å². The van der Waals surface area contributed by atoms with E-state index in [1.165, 1.54) is 11.9 Å². The third-order valence-corrected chi connectivity index (χ3v) is 5.26. The first-order valence-corrected chi connectivity index (χ1v) is 9.54. The maximum absolute atomic E-state index is 12.3. The van der Waals surface area contributed by atoms with Gasteiger partial charge < -0.3 is 10.1 Å². The van der Waals surface area contributed by atoms with E-state index >= 15 is 0 Å². The van der Waals surface area contributed by atoms with Crippen molar-refractivity contribution in [2.75, 3.05) is 7.11 Å². The normalized spacial score (nSPS) is 19.5. The molecule has 0 amide bonds. The number of methoxy groups -OCH3 is 1. The number of ether oxygens (including phenoxy) is 1. The smallest absolute Gasteiger partial charge is 0.267 e. The fraction of sp³-hybridized carbons (Fsp3) is 0.400. The minimum absolute atomic E-state index is 0.0708. The Morgan fingerprint density at radius 3 is 2.57 bits per heavy atom. The summed E-state index contributed by atoms with van der Waals surface area (Å²) in [5, 5.41) is 12.2. The van der Waals surface area contributed by atoms with E-state index in [0.717, 1.165) is 38.0 Å². The zero-order chi connectivity index (χ0) is 19.3. The first-order chi connectivity index (χ1) is 13.7. The SMILES string of the molecule is COc1ccc(CNC2CCC(n3nc(-n4cncn4)ccc3=O)CC2)cc1. The van der Waals surface area contributed by atoms with Crippen LogP contribution in [-0.4, -0.2) is 37.7 Å². The average molecular weight is 380 g/mol. The molecule has 2 aromatic heterocycles. The van der Waals surface area contributed by atoms with Gasteiger partial charge in [-0.25, -0.2) is 14.3 Å². The molecular formula is C20H24N6O2. The van der Waals surface area contributed by atoms with Crippen LogP contribution in [0.5, 0.6) is 5.75 Å². The van der Waals surface area contributed by atoms with Gasteiger partial charge in [-0.3, -0.25) is 4.79 Å². The molecule has 1 aromatic carbocycles. The van der Waals surface area contributed by atoms with Gasteiger partial charge in [-0.05, 0) is 49.4 Å². The lowest BCUT2D eigenvalue weighted by atomic mass is 9.91. The van der Waals surface area contributed by atoms with E-state index in [2.05, 4.69) is 32.6 Å². The molecule has 0 bridgehead atoms. The second-order valence-electron chi connectivity index (χ2n) is 7.05. The molecule has 2 heterocycles. The number of rotatable bonds is 6.